The molecule has 0 amide bonds. The van der Waals surface area contributed by atoms with Crippen molar-refractivity contribution in [1.82, 2.24) is 5.32 Å². The summed E-state index contributed by atoms with van der Waals surface area (Å²) in [7, 11) is 1.97. The van der Waals surface area contributed by atoms with Crippen LogP contribution in [0, 0.1) is 0 Å². The van der Waals surface area contributed by atoms with E-state index in [-0.39, 0.29) is 5.41 Å². The Kier molecular flexibility index (Phi) is 3.08. The molecule has 0 saturated heterocycles. The maximum Gasteiger partial charge on any atom is 0.0527 e. The van der Waals surface area contributed by atoms with Crippen LogP contribution in [-0.2, 0) is 11.8 Å². The molecule has 0 spiro atoms. The van der Waals surface area contributed by atoms with E-state index in [1.165, 1.54) is 11.1 Å². The molecule has 2 N–H and O–H groups in total. The van der Waals surface area contributed by atoms with Crippen LogP contribution in [-0.4, -0.2) is 25.3 Å². The molecule has 82 valence electrons. The van der Waals surface area contributed by atoms with Gasteiger partial charge in [0.15, 0.2) is 0 Å². The number of hydrogen-bond acceptors (Lipinski definition) is 2. The third-order valence-corrected chi connectivity index (χ3v) is 3.39. The first-order valence-corrected chi connectivity index (χ1v) is 5.66. The van der Waals surface area contributed by atoms with Crippen molar-refractivity contribution in [3.63, 3.8) is 0 Å². The maximum absolute atomic E-state index is 9.31. The summed E-state index contributed by atoms with van der Waals surface area (Å²) in [4.78, 5) is 0. The topological polar surface area (TPSA) is 32.3 Å². The molecular formula is C13H19NO. The average molecular weight is 205 g/mol. The summed E-state index contributed by atoms with van der Waals surface area (Å²) in [6.45, 7) is 1.31. The lowest BCUT2D eigenvalue weighted by atomic mass is 9.95. The first kappa shape index (κ1) is 10.7. The van der Waals surface area contributed by atoms with E-state index >= 15 is 0 Å². The van der Waals surface area contributed by atoms with Gasteiger partial charge in [-0.1, -0.05) is 24.3 Å². The van der Waals surface area contributed by atoms with Crippen LogP contribution < -0.4 is 5.32 Å². The number of aliphatic hydroxyl groups is 1. The highest BCUT2D eigenvalue weighted by atomic mass is 16.3. The van der Waals surface area contributed by atoms with Crippen molar-refractivity contribution >= 4 is 0 Å². The molecule has 1 fully saturated rings. The number of benzene rings is 1. The second kappa shape index (κ2) is 4.33. The first-order valence-electron chi connectivity index (χ1n) is 5.66. The minimum absolute atomic E-state index is 0.113. The highest BCUT2D eigenvalue weighted by Crippen LogP contribution is 2.47. The summed E-state index contributed by atoms with van der Waals surface area (Å²) in [5.74, 6) is 0. The Morgan fingerprint density at radius 2 is 1.93 bits per heavy atom. The lowest BCUT2D eigenvalue weighted by molar-refractivity contribution is 0.255. The molecule has 1 aromatic carbocycles. The number of hydrogen-bond donors (Lipinski definition) is 2. The van der Waals surface area contributed by atoms with Crippen LogP contribution in [0.15, 0.2) is 24.3 Å². The first-order chi connectivity index (χ1) is 7.30. The molecule has 0 atom stereocenters. The van der Waals surface area contributed by atoms with Crippen LogP contribution in [0.1, 0.15) is 24.0 Å². The Labute approximate surface area is 91.3 Å². The fraction of sp³-hybridized carbons (Fsp3) is 0.538. The smallest absolute Gasteiger partial charge is 0.0527 e. The number of aliphatic hydroxyl groups excluding tert-OH is 1. The molecule has 2 rings (SSSR count). The van der Waals surface area contributed by atoms with Gasteiger partial charge in [0.05, 0.1) is 6.61 Å². The molecule has 1 saturated carbocycles. The Morgan fingerprint density at radius 1 is 1.27 bits per heavy atom. The van der Waals surface area contributed by atoms with E-state index in [9.17, 15) is 5.11 Å². The number of nitrogens with one attached hydrogen (secondary N) is 1. The van der Waals surface area contributed by atoms with Crippen molar-refractivity contribution in [2.45, 2.75) is 24.7 Å². The minimum Gasteiger partial charge on any atom is -0.395 e. The van der Waals surface area contributed by atoms with Gasteiger partial charge in [-0.25, -0.2) is 0 Å². The summed E-state index contributed by atoms with van der Waals surface area (Å²) in [5.41, 5.74) is 2.78. The third-order valence-electron chi connectivity index (χ3n) is 3.39. The van der Waals surface area contributed by atoms with Crippen molar-refractivity contribution in [3.05, 3.63) is 35.4 Å². The largest absolute Gasteiger partial charge is 0.395 e. The second-order valence-corrected chi connectivity index (χ2v) is 4.49. The van der Waals surface area contributed by atoms with Crippen molar-refractivity contribution in [3.8, 4) is 0 Å². The van der Waals surface area contributed by atoms with E-state index < -0.39 is 0 Å². The van der Waals surface area contributed by atoms with Gasteiger partial charge in [-0.2, -0.15) is 0 Å². The standard InChI is InChI=1S/C13H19NO/c1-14-9-6-11-2-4-12(5-3-11)13(10-15)7-8-13/h2-5,14-15H,6-10H2,1H3. The van der Waals surface area contributed by atoms with E-state index in [0.29, 0.717) is 6.61 Å². The van der Waals surface area contributed by atoms with Crippen LogP contribution in [0.5, 0.6) is 0 Å². The summed E-state index contributed by atoms with van der Waals surface area (Å²) >= 11 is 0. The van der Waals surface area contributed by atoms with E-state index in [2.05, 4.69) is 29.6 Å². The van der Waals surface area contributed by atoms with Gasteiger partial charge in [0.2, 0.25) is 0 Å². The Morgan fingerprint density at radius 3 is 2.40 bits per heavy atom. The van der Waals surface area contributed by atoms with Crippen LogP contribution in [0.2, 0.25) is 0 Å². The van der Waals surface area contributed by atoms with Crippen molar-refractivity contribution in [1.29, 1.82) is 0 Å². The molecular weight excluding hydrogens is 186 g/mol. The normalized spacial score (nSPS) is 17.7. The highest BCUT2D eigenvalue weighted by molar-refractivity contribution is 5.33. The van der Waals surface area contributed by atoms with Gasteiger partial charge in [-0.3, -0.25) is 0 Å². The van der Waals surface area contributed by atoms with E-state index in [1.54, 1.807) is 0 Å². The van der Waals surface area contributed by atoms with Gasteiger partial charge in [0, 0.05) is 5.41 Å². The van der Waals surface area contributed by atoms with Gasteiger partial charge in [-0.15, -0.1) is 0 Å². The Balaban J connectivity index is 2.04. The van der Waals surface area contributed by atoms with Crippen molar-refractivity contribution < 1.29 is 5.11 Å². The van der Waals surface area contributed by atoms with Crippen molar-refractivity contribution in [2.75, 3.05) is 20.2 Å². The zero-order valence-corrected chi connectivity index (χ0v) is 9.29. The molecule has 0 bridgehead atoms. The summed E-state index contributed by atoms with van der Waals surface area (Å²) in [6.07, 6.45) is 3.35. The highest BCUT2D eigenvalue weighted by Gasteiger charge is 2.43. The molecule has 15 heavy (non-hydrogen) atoms. The number of rotatable bonds is 5. The van der Waals surface area contributed by atoms with Gasteiger partial charge in [0.1, 0.15) is 0 Å². The quantitative estimate of drug-likeness (QED) is 0.763. The second-order valence-electron chi connectivity index (χ2n) is 4.49. The lowest BCUT2D eigenvalue weighted by Gasteiger charge is -2.12. The fourth-order valence-corrected chi connectivity index (χ4v) is 1.98. The van der Waals surface area contributed by atoms with E-state index in [1.807, 2.05) is 7.05 Å². The van der Waals surface area contributed by atoms with Gasteiger partial charge >= 0.3 is 0 Å². The molecule has 0 aromatic heterocycles. The van der Waals surface area contributed by atoms with Crippen molar-refractivity contribution in [2.24, 2.45) is 0 Å². The van der Waals surface area contributed by atoms with Crippen LogP contribution in [0.25, 0.3) is 0 Å². The monoisotopic (exact) mass is 205 g/mol. The zero-order valence-electron chi connectivity index (χ0n) is 9.29. The van der Waals surface area contributed by atoms with Crippen LogP contribution >= 0.6 is 0 Å². The average Bonchev–Trinajstić information content (AvgIpc) is 3.08. The summed E-state index contributed by atoms with van der Waals surface area (Å²) < 4.78 is 0. The van der Waals surface area contributed by atoms with E-state index in [4.69, 9.17) is 0 Å². The van der Waals surface area contributed by atoms with E-state index in [0.717, 1.165) is 25.8 Å². The van der Waals surface area contributed by atoms with Gasteiger partial charge < -0.3 is 10.4 Å². The third kappa shape index (κ3) is 2.21. The summed E-state index contributed by atoms with van der Waals surface area (Å²) in [6, 6.07) is 8.72. The van der Waals surface area contributed by atoms with Gasteiger partial charge in [-0.05, 0) is 44.0 Å². The van der Waals surface area contributed by atoms with Crippen LogP contribution in [0.4, 0.5) is 0 Å². The molecule has 1 aromatic rings. The maximum atomic E-state index is 9.31. The molecule has 0 unspecified atom stereocenters. The molecule has 1 aliphatic carbocycles. The molecule has 0 aliphatic heterocycles. The SMILES string of the molecule is CNCCc1ccc(C2(CO)CC2)cc1. The summed E-state index contributed by atoms with van der Waals surface area (Å²) in [5, 5.41) is 12.5. The van der Waals surface area contributed by atoms with Gasteiger partial charge in [0.25, 0.3) is 0 Å². The molecule has 0 heterocycles. The predicted molar refractivity (Wildman–Crippen MR) is 62.1 cm³/mol. The zero-order chi connectivity index (χ0) is 10.7. The van der Waals surface area contributed by atoms with Crippen LogP contribution in [0.3, 0.4) is 0 Å². The molecule has 0 radical (unpaired) electrons. The molecule has 1 aliphatic rings. The Bertz CT molecular complexity index is 314. The Hall–Kier alpha value is -0.860. The molecule has 2 heteroatoms. The molecule has 2 nitrogen and oxygen atoms in total. The fourth-order valence-electron chi connectivity index (χ4n) is 1.98. The number of likely N-dealkylation sites (N-methyl/N-ethyl adjacent to an activating group) is 1. The predicted octanol–water partition coefficient (Wildman–Crippen LogP) is 1.47. The lowest BCUT2D eigenvalue weighted by Crippen LogP contribution is -2.12. The minimum atomic E-state index is 0.113.